The summed E-state index contributed by atoms with van der Waals surface area (Å²) in [6.07, 6.45) is 1.69. The van der Waals surface area contributed by atoms with Gasteiger partial charge in [-0.2, -0.15) is 0 Å². The van der Waals surface area contributed by atoms with Crippen LogP contribution in [-0.4, -0.2) is 36.1 Å². The molecule has 0 N–H and O–H groups in total. The minimum Gasteiger partial charge on any atom is -0.368 e. The molecule has 2 aromatic carbocycles. The predicted molar refractivity (Wildman–Crippen MR) is 99.3 cm³/mol. The molecule has 1 fully saturated rings. The highest BCUT2D eigenvalue weighted by Crippen LogP contribution is 2.32. The summed E-state index contributed by atoms with van der Waals surface area (Å²) < 4.78 is 0. The lowest BCUT2D eigenvalue weighted by Gasteiger charge is -2.37. The predicted octanol–water partition coefficient (Wildman–Crippen LogP) is 3.47. The van der Waals surface area contributed by atoms with Gasteiger partial charge in [-0.15, -0.1) is 0 Å². The summed E-state index contributed by atoms with van der Waals surface area (Å²) in [6, 6.07) is 17.3. The lowest BCUT2D eigenvalue weighted by atomic mass is 10.1. The third-order valence-corrected chi connectivity index (χ3v) is 4.66. The Morgan fingerprint density at radius 2 is 1.60 bits per heavy atom. The number of hydrogen-bond acceptors (Lipinski definition) is 5. The fraction of sp³-hybridized carbons (Fsp3) is 0.211. The molecule has 25 heavy (non-hydrogen) atoms. The standard InChI is InChI=1S/C19H18N4O2/c24-23(25)17-8-9-18(19-16(17)7-4-10-20-19)22-13-11-21(12-14-22)15-5-2-1-3-6-15/h1-10H,11-14H2. The van der Waals surface area contributed by atoms with Gasteiger partial charge in [0.05, 0.1) is 16.0 Å². The number of anilines is 2. The molecule has 1 aliphatic heterocycles. The van der Waals surface area contributed by atoms with Crippen LogP contribution in [0.15, 0.2) is 60.8 Å². The number of fused-ring (bicyclic) bond motifs is 1. The molecular weight excluding hydrogens is 316 g/mol. The zero-order valence-electron chi connectivity index (χ0n) is 13.7. The van der Waals surface area contributed by atoms with Crippen LogP contribution in [0.4, 0.5) is 17.1 Å². The Labute approximate surface area is 145 Å². The van der Waals surface area contributed by atoms with E-state index in [0.717, 1.165) is 31.9 Å². The van der Waals surface area contributed by atoms with Crippen LogP contribution in [0.5, 0.6) is 0 Å². The van der Waals surface area contributed by atoms with Crippen molar-refractivity contribution in [3.05, 3.63) is 70.9 Å². The molecular formula is C19H18N4O2. The number of nitro groups is 1. The Morgan fingerprint density at radius 3 is 2.32 bits per heavy atom. The van der Waals surface area contributed by atoms with Crippen molar-refractivity contribution in [2.75, 3.05) is 36.0 Å². The van der Waals surface area contributed by atoms with Gasteiger partial charge < -0.3 is 9.80 Å². The first-order chi connectivity index (χ1) is 12.2. The van der Waals surface area contributed by atoms with Crippen LogP contribution in [-0.2, 0) is 0 Å². The van der Waals surface area contributed by atoms with Crippen molar-refractivity contribution in [3.8, 4) is 0 Å². The molecule has 0 amide bonds. The molecule has 0 radical (unpaired) electrons. The van der Waals surface area contributed by atoms with Crippen molar-refractivity contribution in [2.24, 2.45) is 0 Å². The monoisotopic (exact) mass is 334 g/mol. The molecule has 0 bridgehead atoms. The number of pyridine rings is 1. The van der Waals surface area contributed by atoms with E-state index in [4.69, 9.17) is 0 Å². The Balaban J connectivity index is 1.62. The van der Waals surface area contributed by atoms with Gasteiger partial charge >= 0.3 is 0 Å². The van der Waals surface area contributed by atoms with E-state index in [1.165, 1.54) is 5.69 Å². The summed E-state index contributed by atoms with van der Waals surface area (Å²) in [5.41, 5.74) is 3.00. The first-order valence-corrected chi connectivity index (χ1v) is 8.31. The van der Waals surface area contributed by atoms with E-state index in [9.17, 15) is 10.1 Å². The molecule has 126 valence electrons. The lowest BCUT2D eigenvalue weighted by molar-refractivity contribution is -0.383. The highest BCUT2D eigenvalue weighted by molar-refractivity contribution is 5.97. The van der Waals surface area contributed by atoms with E-state index in [2.05, 4.69) is 39.0 Å². The molecule has 0 saturated carbocycles. The van der Waals surface area contributed by atoms with Crippen molar-refractivity contribution in [2.45, 2.75) is 0 Å². The SMILES string of the molecule is O=[N+]([O-])c1ccc(N2CCN(c3ccccc3)CC2)c2ncccc12. The zero-order chi connectivity index (χ0) is 17.2. The number of piperazine rings is 1. The molecule has 0 unspecified atom stereocenters. The molecule has 1 aliphatic rings. The number of rotatable bonds is 3. The molecule has 0 atom stereocenters. The van der Waals surface area contributed by atoms with Crippen LogP contribution in [0.3, 0.4) is 0 Å². The maximum absolute atomic E-state index is 11.3. The molecule has 6 heteroatoms. The van der Waals surface area contributed by atoms with Crippen LogP contribution in [0.2, 0.25) is 0 Å². The number of non-ortho nitro benzene ring substituents is 1. The zero-order valence-corrected chi connectivity index (χ0v) is 13.7. The van der Waals surface area contributed by atoms with E-state index < -0.39 is 0 Å². The fourth-order valence-corrected chi connectivity index (χ4v) is 3.40. The van der Waals surface area contributed by atoms with Crippen LogP contribution < -0.4 is 9.80 Å². The molecule has 2 heterocycles. The Morgan fingerprint density at radius 1 is 0.880 bits per heavy atom. The number of aromatic nitrogens is 1. The van der Waals surface area contributed by atoms with Crippen molar-refractivity contribution in [3.63, 3.8) is 0 Å². The first kappa shape index (κ1) is 15.4. The second-order valence-electron chi connectivity index (χ2n) is 6.07. The Hall–Kier alpha value is -3.15. The number of nitro benzene ring substituents is 1. The van der Waals surface area contributed by atoms with Gasteiger partial charge in [-0.25, -0.2) is 0 Å². The quantitative estimate of drug-likeness (QED) is 0.542. The summed E-state index contributed by atoms with van der Waals surface area (Å²) in [5, 5.41) is 11.9. The number of para-hydroxylation sites is 1. The normalized spacial score (nSPS) is 14.7. The first-order valence-electron chi connectivity index (χ1n) is 8.31. The van der Waals surface area contributed by atoms with E-state index in [0.29, 0.717) is 10.9 Å². The summed E-state index contributed by atoms with van der Waals surface area (Å²) >= 11 is 0. The van der Waals surface area contributed by atoms with Gasteiger partial charge in [-0.3, -0.25) is 15.1 Å². The van der Waals surface area contributed by atoms with Crippen molar-refractivity contribution < 1.29 is 4.92 Å². The van der Waals surface area contributed by atoms with E-state index >= 15 is 0 Å². The second-order valence-corrected chi connectivity index (χ2v) is 6.07. The number of benzene rings is 2. The molecule has 0 aliphatic carbocycles. The average molecular weight is 334 g/mol. The summed E-state index contributed by atoms with van der Waals surface area (Å²) in [4.78, 5) is 20.0. The molecule has 6 nitrogen and oxygen atoms in total. The molecule has 0 spiro atoms. The molecule has 4 rings (SSSR count). The van der Waals surface area contributed by atoms with Crippen LogP contribution in [0, 0.1) is 10.1 Å². The van der Waals surface area contributed by atoms with Crippen LogP contribution >= 0.6 is 0 Å². The van der Waals surface area contributed by atoms with E-state index in [-0.39, 0.29) is 10.6 Å². The lowest BCUT2D eigenvalue weighted by Crippen LogP contribution is -2.46. The smallest absolute Gasteiger partial charge is 0.278 e. The van der Waals surface area contributed by atoms with Gasteiger partial charge in [0.1, 0.15) is 5.52 Å². The molecule has 1 aromatic heterocycles. The summed E-state index contributed by atoms with van der Waals surface area (Å²) in [5.74, 6) is 0. The largest absolute Gasteiger partial charge is 0.368 e. The second kappa shape index (κ2) is 6.39. The summed E-state index contributed by atoms with van der Waals surface area (Å²) in [7, 11) is 0. The van der Waals surface area contributed by atoms with E-state index in [1.807, 2.05) is 12.1 Å². The van der Waals surface area contributed by atoms with Crippen molar-refractivity contribution in [1.29, 1.82) is 0 Å². The summed E-state index contributed by atoms with van der Waals surface area (Å²) in [6.45, 7) is 3.54. The highest BCUT2D eigenvalue weighted by atomic mass is 16.6. The van der Waals surface area contributed by atoms with Gasteiger partial charge in [0, 0.05) is 44.1 Å². The van der Waals surface area contributed by atoms with Crippen molar-refractivity contribution >= 4 is 28.0 Å². The number of hydrogen-bond donors (Lipinski definition) is 0. The fourth-order valence-electron chi connectivity index (χ4n) is 3.40. The van der Waals surface area contributed by atoms with Crippen molar-refractivity contribution in [1.82, 2.24) is 4.98 Å². The van der Waals surface area contributed by atoms with Gasteiger partial charge in [0.15, 0.2) is 0 Å². The minimum atomic E-state index is -0.346. The van der Waals surface area contributed by atoms with Gasteiger partial charge in [0.25, 0.3) is 5.69 Å². The van der Waals surface area contributed by atoms with Crippen LogP contribution in [0.1, 0.15) is 0 Å². The Bertz CT molecular complexity index is 906. The van der Waals surface area contributed by atoms with Gasteiger partial charge in [-0.1, -0.05) is 18.2 Å². The number of nitrogens with zero attached hydrogens (tertiary/aromatic N) is 4. The van der Waals surface area contributed by atoms with E-state index in [1.54, 1.807) is 24.4 Å². The third-order valence-electron chi connectivity index (χ3n) is 4.66. The molecule has 1 saturated heterocycles. The topological polar surface area (TPSA) is 62.5 Å². The van der Waals surface area contributed by atoms with Gasteiger partial charge in [-0.05, 0) is 30.3 Å². The van der Waals surface area contributed by atoms with Gasteiger partial charge in [0.2, 0.25) is 0 Å². The average Bonchev–Trinajstić information content (AvgIpc) is 2.68. The minimum absolute atomic E-state index is 0.106. The third kappa shape index (κ3) is 2.87. The Kier molecular flexibility index (Phi) is 3.93. The highest BCUT2D eigenvalue weighted by Gasteiger charge is 2.22. The maximum Gasteiger partial charge on any atom is 0.278 e. The van der Waals surface area contributed by atoms with Crippen LogP contribution in [0.25, 0.3) is 10.9 Å². The molecule has 3 aromatic rings. The maximum atomic E-state index is 11.3.